The molecule has 7 heteroatoms. The van der Waals surface area contributed by atoms with Crippen LogP contribution in [0.5, 0.6) is 0 Å². The van der Waals surface area contributed by atoms with E-state index in [0.29, 0.717) is 18.1 Å². The van der Waals surface area contributed by atoms with Crippen molar-refractivity contribution in [2.75, 3.05) is 13.1 Å². The van der Waals surface area contributed by atoms with Gasteiger partial charge in [-0.05, 0) is 36.5 Å². The van der Waals surface area contributed by atoms with Crippen molar-refractivity contribution in [2.45, 2.75) is 25.5 Å². The average molecular weight is 335 g/mol. The molecule has 2 aromatic rings. The van der Waals surface area contributed by atoms with Crippen molar-refractivity contribution < 1.29 is 9.90 Å². The maximum Gasteiger partial charge on any atom is 0.244 e. The lowest BCUT2D eigenvalue weighted by Gasteiger charge is -2.34. The molecule has 23 heavy (non-hydrogen) atoms. The van der Waals surface area contributed by atoms with E-state index >= 15 is 0 Å². The van der Waals surface area contributed by atoms with Gasteiger partial charge in [-0.2, -0.15) is 5.10 Å². The molecule has 1 aromatic carbocycles. The number of hydrogen-bond donors (Lipinski definition) is 1. The fraction of sp³-hybridized carbons (Fsp3) is 0.438. The Morgan fingerprint density at radius 3 is 2.61 bits per heavy atom. The first-order valence-electron chi connectivity index (χ1n) is 7.67. The fourth-order valence-electron chi connectivity index (χ4n) is 2.95. The number of carbonyl (C=O) groups is 1. The number of benzene rings is 1. The smallest absolute Gasteiger partial charge is 0.244 e. The summed E-state index contributed by atoms with van der Waals surface area (Å²) in [6.07, 6.45) is 4.01. The van der Waals surface area contributed by atoms with Gasteiger partial charge in [0, 0.05) is 18.1 Å². The van der Waals surface area contributed by atoms with Gasteiger partial charge in [-0.3, -0.25) is 4.79 Å². The maximum absolute atomic E-state index is 12.2. The molecule has 0 radical (unpaired) electrons. The van der Waals surface area contributed by atoms with Crippen LogP contribution >= 0.6 is 11.6 Å². The number of rotatable bonds is 4. The zero-order valence-electron chi connectivity index (χ0n) is 12.7. The summed E-state index contributed by atoms with van der Waals surface area (Å²) in [6, 6.07) is 7.29. The Balaban J connectivity index is 1.53. The minimum absolute atomic E-state index is 0.0370. The van der Waals surface area contributed by atoms with E-state index in [2.05, 4.69) is 10.1 Å². The van der Waals surface area contributed by atoms with E-state index in [9.17, 15) is 9.90 Å². The third kappa shape index (κ3) is 3.89. The number of nitrogens with zero attached hydrogens (tertiary/aromatic N) is 4. The number of hydrogen-bond acceptors (Lipinski definition) is 4. The van der Waals surface area contributed by atoms with Crippen molar-refractivity contribution in [3.05, 3.63) is 47.5 Å². The predicted molar refractivity (Wildman–Crippen MR) is 85.7 cm³/mol. The molecule has 1 atom stereocenters. The highest BCUT2D eigenvalue weighted by Gasteiger charge is 2.28. The Morgan fingerprint density at radius 2 is 2.00 bits per heavy atom. The van der Waals surface area contributed by atoms with E-state index in [0.717, 1.165) is 18.4 Å². The highest BCUT2D eigenvalue weighted by molar-refractivity contribution is 6.30. The van der Waals surface area contributed by atoms with Gasteiger partial charge in [0.25, 0.3) is 0 Å². The first kappa shape index (κ1) is 16.0. The van der Waals surface area contributed by atoms with Gasteiger partial charge in [-0.25, -0.2) is 9.67 Å². The van der Waals surface area contributed by atoms with Crippen molar-refractivity contribution in [3.63, 3.8) is 0 Å². The molecule has 1 unspecified atom stereocenters. The maximum atomic E-state index is 12.2. The number of aromatic nitrogens is 3. The standard InChI is InChI=1S/C16H19ClN4O2/c17-14-3-1-12(2-4-14)16(23)13-5-7-20(8-6-13)15(22)9-21-11-18-10-19-21/h1-4,10-11,13,16,23H,5-9H2. The Morgan fingerprint density at radius 1 is 1.30 bits per heavy atom. The molecule has 3 rings (SSSR count). The fourth-order valence-corrected chi connectivity index (χ4v) is 3.08. The second-order valence-electron chi connectivity index (χ2n) is 5.81. The molecule has 1 fully saturated rings. The lowest BCUT2D eigenvalue weighted by Crippen LogP contribution is -2.41. The van der Waals surface area contributed by atoms with Gasteiger partial charge < -0.3 is 10.0 Å². The van der Waals surface area contributed by atoms with Crippen molar-refractivity contribution in [1.82, 2.24) is 19.7 Å². The van der Waals surface area contributed by atoms with Crippen molar-refractivity contribution in [1.29, 1.82) is 0 Å². The van der Waals surface area contributed by atoms with Gasteiger partial charge in [0.05, 0.1) is 6.10 Å². The summed E-state index contributed by atoms with van der Waals surface area (Å²) in [5.74, 6) is 0.196. The number of carbonyl (C=O) groups excluding carboxylic acids is 1. The van der Waals surface area contributed by atoms with Crippen LogP contribution in [0.15, 0.2) is 36.9 Å². The molecule has 1 aromatic heterocycles. The van der Waals surface area contributed by atoms with E-state index < -0.39 is 6.10 Å². The van der Waals surface area contributed by atoms with E-state index in [1.807, 2.05) is 17.0 Å². The van der Waals surface area contributed by atoms with E-state index in [4.69, 9.17) is 11.6 Å². The lowest BCUT2D eigenvalue weighted by molar-refractivity contribution is -0.134. The largest absolute Gasteiger partial charge is 0.388 e. The van der Waals surface area contributed by atoms with Crippen LogP contribution in [0.25, 0.3) is 0 Å². The summed E-state index contributed by atoms with van der Waals surface area (Å²) < 4.78 is 1.52. The van der Waals surface area contributed by atoms with Gasteiger partial charge in [-0.15, -0.1) is 0 Å². The first-order chi connectivity index (χ1) is 11.1. The van der Waals surface area contributed by atoms with Crippen molar-refractivity contribution >= 4 is 17.5 Å². The Hall–Kier alpha value is -1.92. The average Bonchev–Trinajstić information content (AvgIpc) is 3.08. The monoisotopic (exact) mass is 334 g/mol. The zero-order valence-corrected chi connectivity index (χ0v) is 13.4. The van der Waals surface area contributed by atoms with Crippen molar-refractivity contribution in [3.8, 4) is 0 Å². The summed E-state index contributed by atoms with van der Waals surface area (Å²) in [5, 5.41) is 15.1. The Kier molecular flexibility index (Phi) is 4.93. The molecule has 6 nitrogen and oxygen atoms in total. The SMILES string of the molecule is O=C(Cn1cncn1)N1CCC(C(O)c2ccc(Cl)cc2)CC1. The van der Waals surface area contributed by atoms with Gasteiger partial charge in [-0.1, -0.05) is 23.7 Å². The van der Waals surface area contributed by atoms with Crippen LogP contribution in [-0.2, 0) is 11.3 Å². The van der Waals surface area contributed by atoms with Crippen LogP contribution in [-0.4, -0.2) is 43.8 Å². The molecule has 0 saturated carbocycles. The molecule has 0 aliphatic carbocycles. The molecule has 1 aliphatic heterocycles. The van der Waals surface area contributed by atoms with Crippen LogP contribution in [0.4, 0.5) is 0 Å². The van der Waals surface area contributed by atoms with E-state index in [1.54, 1.807) is 12.1 Å². The van der Waals surface area contributed by atoms with Crippen LogP contribution < -0.4 is 0 Å². The number of piperidine rings is 1. The molecule has 0 bridgehead atoms. The topological polar surface area (TPSA) is 71.2 Å². The number of aliphatic hydroxyl groups excluding tert-OH is 1. The minimum atomic E-state index is -0.514. The minimum Gasteiger partial charge on any atom is -0.388 e. The summed E-state index contributed by atoms with van der Waals surface area (Å²) in [6.45, 7) is 1.52. The van der Waals surface area contributed by atoms with Crippen LogP contribution in [0.3, 0.4) is 0 Å². The third-order valence-corrected chi connectivity index (χ3v) is 4.57. The normalized spacial score (nSPS) is 17.2. The van der Waals surface area contributed by atoms with Crippen LogP contribution in [0.2, 0.25) is 5.02 Å². The number of amides is 1. The first-order valence-corrected chi connectivity index (χ1v) is 8.05. The lowest BCUT2D eigenvalue weighted by atomic mass is 9.87. The van der Waals surface area contributed by atoms with Crippen LogP contribution in [0.1, 0.15) is 24.5 Å². The molecule has 1 saturated heterocycles. The summed E-state index contributed by atoms with van der Waals surface area (Å²) in [5.41, 5.74) is 0.877. The molecule has 1 aliphatic rings. The molecule has 0 spiro atoms. The van der Waals surface area contributed by atoms with E-state index in [1.165, 1.54) is 17.3 Å². The Labute approximate surface area is 139 Å². The molecule has 1 N–H and O–H groups in total. The van der Waals surface area contributed by atoms with Crippen molar-refractivity contribution in [2.24, 2.45) is 5.92 Å². The summed E-state index contributed by atoms with van der Waals surface area (Å²) in [4.78, 5) is 17.9. The summed E-state index contributed by atoms with van der Waals surface area (Å²) in [7, 11) is 0. The summed E-state index contributed by atoms with van der Waals surface area (Å²) >= 11 is 5.88. The number of likely N-dealkylation sites (tertiary alicyclic amines) is 1. The Bertz CT molecular complexity index is 637. The molecule has 2 heterocycles. The number of halogens is 1. The highest BCUT2D eigenvalue weighted by Crippen LogP contribution is 2.31. The zero-order chi connectivity index (χ0) is 16.2. The van der Waals surface area contributed by atoms with Gasteiger partial charge in [0.2, 0.25) is 5.91 Å². The van der Waals surface area contributed by atoms with E-state index in [-0.39, 0.29) is 18.4 Å². The van der Waals surface area contributed by atoms with Gasteiger partial charge in [0.1, 0.15) is 19.2 Å². The molecule has 122 valence electrons. The second kappa shape index (κ2) is 7.10. The highest BCUT2D eigenvalue weighted by atomic mass is 35.5. The number of aliphatic hydroxyl groups is 1. The quantitative estimate of drug-likeness (QED) is 0.927. The molecular formula is C16H19ClN4O2. The third-order valence-electron chi connectivity index (χ3n) is 4.31. The van der Waals surface area contributed by atoms with Gasteiger partial charge in [0.15, 0.2) is 0 Å². The predicted octanol–water partition coefficient (Wildman–Crippen LogP) is 1.90. The second-order valence-corrected chi connectivity index (χ2v) is 6.24. The van der Waals surface area contributed by atoms with Crippen LogP contribution in [0, 0.1) is 5.92 Å². The molecular weight excluding hydrogens is 316 g/mol. The van der Waals surface area contributed by atoms with Gasteiger partial charge >= 0.3 is 0 Å². The molecule has 1 amide bonds.